The molecule has 1 saturated carbocycles. The molecule has 1 aliphatic carbocycles. The third-order valence-corrected chi connectivity index (χ3v) is 3.28. The summed E-state index contributed by atoms with van der Waals surface area (Å²) >= 11 is 5.58. The van der Waals surface area contributed by atoms with Gasteiger partial charge in [-0.1, -0.05) is 18.0 Å². The van der Waals surface area contributed by atoms with Gasteiger partial charge >= 0.3 is 6.09 Å². The standard InChI is InChI=1S/C11H18ClNO3/c1-8(12)16-10(15)13(3)11(2)7-5-4-6-9(11)14/h8H,4-7H2,1-3H3/t8?,11-/m1/s1. The van der Waals surface area contributed by atoms with Crippen molar-refractivity contribution in [2.75, 3.05) is 7.05 Å². The number of halogens is 1. The number of hydrogen-bond donors (Lipinski definition) is 0. The van der Waals surface area contributed by atoms with Gasteiger partial charge in [-0.15, -0.1) is 0 Å². The van der Waals surface area contributed by atoms with Crippen LogP contribution in [0.25, 0.3) is 0 Å². The van der Waals surface area contributed by atoms with E-state index in [1.54, 1.807) is 20.9 Å². The molecule has 92 valence electrons. The number of likely N-dealkylation sites (N-methyl/N-ethyl adjacent to an activating group) is 1. The molecule has 0 aromatic rings. The van der Waals surface area contributed by atoms with Gasteiger partial charge in [0.1, 0.15) is 5.54 Å². The van der Waals surface area contributed by atoms with Gasteiger partial charge in [0, 0.05) is 13.5 Å². The molecule has 0 aromatic carbocycles. The van der Waals surface area contributed by atoms with E-state index in [1.165, 1.54) is 4.90 Å². The highest BCUT2D eigenvalue weighted by atomic mass is 35.5. The van der Waals surface area contributed by atoms with Crippen LogP contribution in [0, 0.1) is 0 Å². The highest BCUT2D eigenvalue weighted by Gasteiger charge is 2.41. The quantitative estimate of drug-likeness (QED) is 0.705. The van der Waals surface area contributed by atoms with Crippen molar-refractivity contribution in [3.63, 3.8) is 0 Å². The fraction of sp³-hybridized carbons (Fsp3) is 0.818. The van der Waals surface area contributed by atoms with E-state index in [0.29, 0.717) is 12.8 Å². The highest BCUT2D eigenvalue weighted by molar-refractivity contribution is 6.19. The van der Waals surface area contributed by atoms with Crippen molar-refractivity contribution >= 4 is 23.5 Å². The number of hydrogen-bond acceptors (Lipinski definition) is 3. The van der Waals surface area contributed by atoms with Crippen LogP contribution in [0.2, 0.25) is 0 Å². The first kappa shape index (κ1) is 13.3. The summed E-state index contributed by atoms with van der Waals surface area (Å²) in [6, 6.07) is 0. The smallest absolute Gasteiger partial charge is 0.411 e. The van der Waals surface area contributed by atoms with Gasteiger partial charge < -0.3 is 4.74 Å². The molecule has 0 heterocycles. The maximum Gasteiger partial charge on any atom is 0.411 e. The average Bonchev–Trinajstić information content (AvgIpc) is 2.20. The predicted molar refractivity (Wildman–Crippen MR) is 61.4 cm³/mol. The molecule has 1 amide bonds. The molecule has 4 nitrogen and oxygen atoms in total. The average molecular weight is 248 g/mol. The van der Waals surface area contributed by atoms with Gasteiger partial charge in [0.25, 0.3) is 0 Å². The number of amides is 1. The summed E-state index contributed by atoms with van der Waals surface area (Å²) in [5, 5.41) is 0. The van der Waals surface area contributed by atoms with Crippen LogP contribution in [0.4, 0.5) is 4.79 Å². The lowest BCUT2D eigenvalue weighted by Crippen LogP contribution is -2.54. The Labute approximate surface area is 101 Å². The number of rotatable bonds is 2. The zero-order valence-electron chi connectivity index (χ0n) is 9.96. The van der Waals surface area contributed by atoms with Crippen LogP contribution < -0.4 is 0 Å². The first-order valence-corrected chi connectivity index (χ1v) is 5.93. The second-order valence-electron chi connectivity index (χ2n) is 4.39. The minimum atomic E-state index is -0.735. The summed E-state index contributed by atoms with van der Waals surface area (Å²) in [6.07, 6.45) is 2.54. The third kappa shape index (κ3) is 2.67. The molecule has 0 N–H and O–H groups in total. The molecule has 0 bridgehead atoms. The monoisotopic (exact) mass is 247 g/mol. The molecular weight excluding hydrogens is 230 g/mol. The number of alkyl halides is 1. The Bertz CT molecular complexity index is 293. The summed E-state index contributed by atoms with van der Waals surface area (Å²) in [5.41, 5.74) is -1.42. The molecule has 1 rings (SSSR count). The van der Waals surface area contributed by atoms with Gasteiger partial charge in [-0.05, 0) is 26.7 Å². The minimum absolute atomic E-state index is 0.0976. The fourth-order valence-electron chi connectivity index (χ4n) is 1.94. The topological polar surface area (TPSA) is 46.6 Å². The first-order chi connectivity index (χ1) is 7.38. The van der Waals surface area contributed by atoms with Crippen molar-refractivity contribution in [2.24, 2.45) is 0 Å². The number of carbonyl (C=O) groups excluding carboxylic acids is 2. The summed E-state index contributed by atoms with van der Waals surface area (Å²) in [7, 11) is 1.59. The Morgan fingerprint density at radius 1 is 1.56 bits per heavy atom. The third-order valence-electron chi connectivity index (χ3n) is 3.20. The number of carbonyl (C=O) groups is 2. The summed E-state index contributed by atoms with van der Waals surface area (Å²) in [4.78, 5) is 24.9. The Hall–Kier alpha value is -0.770. The van der Waals surface area contributed by atoms with Gasteiger partial charge in [-0.25, -0.2) is 4.79 Å². The first-order valence-electron chi connectivity index (χ1n) is 5.50. The van der Waals surface area contributed by atoms with Crippen LogP contribution in [0.3, 0.4) is 0 Å². The van der Waals surface area contributed by atoms with Gasteiger partial charge in [0.15, 0.2) is 11.3 Å². The van der Waals surface area contributed by atoms with Crippen molar-refractivity contribution in [3.8, 4) is 0 Å². The van der Waals surface area contributed by atoms with E-state index in [1.807, 2.05) is 0 Å². The molecule has 16 heavy (non-hydrogen) atoms. The predicted octanol–water partition coefficient (Wildman–Crippen LogP) is 2.54. The zero-order valence-corrected chi connectivity index (χ0v) is 10.7. The highest BCUT2D eigenvalue weighted by Crippen LogP contribution is 2.30. The van der Waals surface area contributed by atoms with E-state index < -0.39 is 17.2 Å². The zero-order chi connectivity index (χ0) is 12.3. The van der Waals surface area contributed by atoms with E-state index in [9.17, 15) is 9.59 Å². The molecular formula is C11H18ClNO3. The SMILES string of the molecule is CC(Cl)OC(=O)N(C)[C@]1(C)CCCCC1=O. The number of Topliss-reactive ketones (excluding diaryl/α,β-unsaturated/α-hetero) is 1. The Morgan fingerprint density at radius 3 is 2.69 bits per heavy atom. The van der Waals surface area contributed by atoms with Crippen LogP contribution in [-0.2, 0) is 9.53 Å². The Kier molecular flexibility index (Phi) is 4.19. The van der Waals surface area contributed by atoms with Crippen molar-refractivity contribution in [1.29, 1.82) is 0 Å². The van der Waals surface area contributed by atoms with E-state index in [4.69, 9.17) is 16.3 Å². The molecule has 0 aromatic heterocycles. The van der Waals surface area contributed by atoms with Crippen LogP contribution in [-0.4, -0.2) is 34.9 Å². The lowest BCUT2D eigenvalue weighted by Gasteiger charge is -2.39. The molecule has 1 aliphatic rings. The van der Waals surface area contributed by atoms with Gasteiger partial charge in [-0.3, -0.25) is 9.69 Å². The van der Waals surface area contributed by atoms with Crippen molar-refractivity contribution < 1.29 is 14.3 Å². The van der Waals surface area contributed by atoms with E-state index >= 15 is 0 Å². The summed E-state index contributed by atoms with van der Waals surface area (Å²) in [5.74, 6) is 0.0976. The summed E-state index contributed by atoms with van der Waals surface area (Å²) < 4.78 is 4.88. The molecule has 1 unspecified atom stereocenters. The molecule has 0 saturated heterocycles. The van der Waals surface area contributed by atoms with E-state index in [0.717, 1.165) is 12.8 Å². The number of ether oxygens (including phenoxy) is 1. The minimum Gasteiger partial charge on any atom is -0.430 e. The lowest BCUT2D eigenvalue weighted by atomic mass is 9.81. The van der Waals surface area contributed by atoms with Crippen molar-refractivity contribution in [2.45, 2.75) is 50.6 Å². The van der Waals surface area contributed by atoms with E-state index in [2.05, 4.69) is 0 Å². The Balaban J connectivity index is 2.73. The maximum atomic E-state index is 11.9. The van der Waals surface area contributed by atoms with Crippen LogP contribution in [0.1, 0.15) is 39.5 Å². The second-order valence-corrected chi connectivity index (χ2v) is 5.00. The van der Waals surface area contributed by atoms with Crippen LogP contribution in [0.15, 0.2) is 0 Å². The molecule has 0 radical (unpaired) electrons. The molecule has 1 fully saturated rings. The number of nitrogens with zero attached hydrogens (tertiary/aromatic N) is 1. The van der Waals surface area contributed by atoms with Crippen LogP contribution >= 0.6 is 11.6 Å². The van der Waals surface area contributed by atoms with Crippen molar-refractivity contribution in [3.05, 3.63) is 0 Å². The van der Waals surface area contributed by atoms with Crippen molar-refractivity contribution in [1.82, 2.24) is 4.90 Å². The fourth-order valence-corrected chi connectivity index (χ4v) is 2.01. The maximum absolute atomic E-state index is 11.9. The van der Waals surface area contributed by atoms with Gasteiger partial charge in [0.05, 0.1) is 0 Å². The van der Waals surface area contributed by atoms with Gasteiger partial charge in [-0.2, -0.15) is 0 Å². The molecule has 5 heteroatoms. The normalized spacial score (nSPS) is 27.4. The van der Waals surface area contributed by atoms with Crippen LogP contribution in [0.5, 0.6) is 0 Å². The lowest BCUT2D eigenvalue weighted by molar-refractivity contribution is -0.131. The Morgan fingerprint density at radius 2 is 2.19 bits per heavy atom. The second kappa shape index (κ2) is 5.04. The largest absolute Gasteiger partial charge is 0.430 e. The molecule has 0 aliphatic heterocycles. The molecule has 2 atom stereocenters. The van der Waals surface area contributed by atoms with E-state index in [-0.39, 0.29) is 5.78 Å². The summed E-state index contributed by atoms with van der Waals surface area (Å²) in [6.45, 7) is 3.35. The molecule has 0 spiro atoms. The number of ketones is 1. The van der Waals surface area contributed by atoms with Gasteiger partial charge in [0.2, 0.25) is 0 Å².